The number of aliphatic carboxylic acids is 1. The monoisotopic (exact) mass is 661 g/mol. The molecule has 2 heteroatoms. The fourth-order valence-electron chi connectivity index (χ4n) is 10.9. The van der Waals surface area contributed by atoms with Crippen molar-refractivity contribution in [2.24, 2.45) is 58.2 Å². The average Bonchev–Trinajstić information content (AvgIpc) is 3.42. The van der Waals surface area contributed by atoms with E-state index in [0.29, 0.717) is 29.1 Å². The molecular formula is C46H76O2. The molecule has 0 aromatic carbocycles. The van der Waals surface area contributed by atoms with Crippen LogP contribution >= 0.6 is 0 Å². The lowest BCUT2D eigenvalue weighted by molar-refractivity contribution is -0.137. The molecule has 0 saturated heterocycles. The van der Waals surface area contributed by atoms with Gasteiger partial charge in [0.05, 0.1) is 0 Å². The number of carbonyl (C=O) groups is 1. The van der Waals surface area contributed by atoms with Crippen molar-refractivity contribution >= 4 is 5.97 Å². The van der Waals surface area contributed by atoms with Crippen LogP contribution in [-0.2, 0) is 4.79 Å². The van der Waals surface area contributed by atoms with Gasteiger partial charge in [0.15, 0.2) is 0 Å². The molecule has 0 spiro atoms. The molecule has 2 nitrogen and oxygen atoms in total. The predicted molar refractivity (Wildman–Crippen MR) is 207 cm³/mol. The number of unbranched alkanes of at least 4 members (excludes halogenated alkanes) is 8. The van der Waals surface area contributed by atoms with E-state index in [1.165, 1.54) is 96.3 Å². The van der Waals surface area contributed by atoms with Crippen molar-refractivity contribution in [2.45, 2.75) is 176 Å². The van der Waals surface area contributed by atoms with Gasteiger partial charge in [-0.1, -0.05) is 128 Å². The molecule has 0 radical (unpaired) electrons. The first-order chi connectivity index (χ1) is 23.1. The molecular weight excluding hydrogens is 585 g/mol. The summed E-state index contributed by atoms with van der Waals surface area (Å²) in [6.45, 7) is 15.1. The van der Waals surface area contributed by atoms with Crippen molar-refractivity contribution in [3.8, 4) is 0 Å². The second kappa shape index (κ2) is 19.2. The van der Waals surface area contributed by atoms with Crippen LogP contribution in [0.5, 0.6) is 0 Å². The van der Waals surface area contributed by atoms with Crippen molar-refractivity contribution < 1.29 is 9.90 Å². The van der Waals surface area contributed by atoms with Crippen LogP contribution < -0.4 is 0 Å². The van der Waals surface area contributed by atoms with E-state index in [4.69, 9.17) is 5.11 Å². The van der Waals surface area contributed by atoms with Crippen molar-refractivity contribution in [1.82, 2.24) is 0 Å². The molecule has 0 aromatic heterocycles. The van der Waals surface area contributed by atoms with E-state index in [9.17, 15) is 4.79 Å². The van der Waals surface area contributed by atoms with Gasteiger partial charge in [-0.2, -0.15) is 0 Å². The van der Waals surface area contributed by atoms with Gasteiger partial charge in [-0.15, -0.1) is 0 Å². The molecule has 1 N–H and O–H groups in total. The van der Waals surface area contributed by atoms with Gasteiger partial charge >= 0.3 is 5.97 Å². The van der Waals surface area contributed by atoms with Crippen LogP contribution in [0.25, 0.3) is 0 Å². The third kappa shape index (κ3) is 10.5. The SMILES string of the molecule is CC(C)[C@@H](C)C=C[C@@H](C)[C@H]1CCC2C3=CCC4C[C@@H](CCCCC/C=C\C/C=C\CCCCCCCC(=O)O)CC[C@]4(C)C3CC[C@@]21C. The predicted octanol–water partition coefficient (Wildman–Crippen LogP) is 13.9. The van der Waals surface area contributed by atoms with Gasteiger partial charge in [0.25, 0.3) is 0 Å². The number of allylic oxidation sites excluding steroid dienone is 8. The minimum Gasteiger partial charge on any atom is -0.481 e. The van der Waals surface area contributed by atoms with Gasteiger partial charge in [-0.25, -0.2) is 0 Å². The normalized spacial score (nSPS) is 33.2. The number of fused-ring (bicyclic) bond motifs is 5. The Balaban J connectivity index is 1.12. The topological polar surface area (TPSA) is 37.3 Å². The quantitative estimate of drug-likeness (QED) is 0.104. The zero-order chi connectivity index (χ0) is 34.6. The number of hydrogen-bond donors (Lipinski definition) is 1. The van der Waals surface area contributed by atoms with Gasteiger partial charge in [0.1, 0.15) is 0 Å². The summed E-state index contributed by atoms with van der Waals surface area (Å²) >= 11 is 0. The molecule has 272 valence electrons. The van der Waals surface area contributed by atoms with Crippen LogP contribution in [0.3, 0.4) is 0 Å². The Kier molecular flexibility index (Phi) is 15.6. The fourth-order valence-corrected chi connectivity index (χ4v) is 10.9. The Morgan fingerprint density at radius 3 is 2.15 bits per heavy atom. The van der Waals surface area contributed by atoms with Crippen molar-refractivity contribution in [1.29, 1.82) is 0 Å². The highest BCUT2D eigenvalue weighted by atomic mass is 16.4. The highest BCUT2D eigenvalue weighted by molar-refractivity contribution is 5.66. The molecule has 0 aromatic rings. The van der Waals surface area contributed by atoms with E-state index in [0.717, 1.165) is 67.6 Å². The molecule has 4 aliphatic carbocycles. The van der Waals surface area contributed by atoms with Crippen LogP contribution in [0.15, 0.2) is 48.1 Å². The largest absolute Gasteiger partial charge is 0.481 e. The highest BCUT2D eigenvalue weighted by Gasteiger charge is 2.58. The molecule has 3 unspecified atom stereocenters. The van der Waals surface area contributed by atoms with Crippen LogP contribution in [-0.4, -0.2) is 11.1 Å². The van der Waals surface area contributed by atoms with E-state index < -0.39 is 5.97 Å². The first-order valence-electron chi connectivity index (χ1n) is 21.0. The molecule has 0 bridgehead atoms. The molecule has 4 rings (SSSR count). The molecule has 9 atom stereocenters. The van der Waals surface area contributed by atoms with Gasteiger partial charge in [-0.05, 0) is 148 Å². The first kappa shape index (κ1) is 39.2. The first-order valence-corrected chi connectivity index (χ1v) is 21.0. The minimum atomic E-state index is -0.664. The number of carboxylic acids is 1. The van der Waals surface area contributed by atoms with Crippen molar-refractivity contribution in [2.75, 3.05) is 0 Å². The summed E-state index contributed by atoms with van der Waals surface area (Å²) in [6, 6.07) is 0. The summed E-state index contributed by atoms with van der Waals surface area (Å²) in [7, 11) is 0. The smallest absolute Gasteiger partial charge is 0.303 e. The number of rotatable bonds is 20. The lowest BCUT2D eigenvalue weighted by atomic mass is 9.47. The van der Waals surface area contributed by atoms with Crippen molar-refractivity contribution in [3.05, 3.63) is 48.1 Å². The summed E-state index contributed by atoms with van der Waals surface area (Å²) < 4.78 is 0. The standard InChI is InChI=1S/C46H76O2/c1-35(2)36(3)24-25-37(4)41-28-29-42-40-27-26-39-34-38(30-32-45(39,5)43(40)31-33-46(41,42)6)22-20-18-16-14-12-10-8-7-9-11-13-15-17-19-21-23-44(47)48/h7,9-10,12,24-25,27,35-39,41-43H,8,11,13-23,26,28-34H2,1-6H3,(H,47,48)/b9-7-,12-10-,25-24?/t36-,37+,38-,39?,41+,42?,43?,45-,46+/m0/s1. The number of carboxylic acid groups (broad SMARTS) is 1. The van der Waals surface area contributed by atoms with Crippen LogP contribution in [0.2, 0.25) is 0 Å². The fraction of sp³-hybridized carbons (Fsp3) is 0.804. The van der Waals surface area contributed by atoms with E-state index in [2.05, 4.69) is 84.1 Å². The molecule has 0 heterocycles. The summed E-state index contributed by atoms with van der Waals surface area (Å²) in [4.78, 5) is 10.5. The van der Waals surface area contributed by atoms with E-state index in [-0.39, 0.29) is 0 Å². The summed E-state index contributed by atoms with van der Waals surface area (Å²) in [6.07, 6.45) is 43.8. The van der Waals surface area contributed by atoms with E-state index in [1.54, 1.807) is 0 Å². The molecule has 0 amide bonds. The Hall–Kier alpha value is -1.57. The van der Waals surface area contributed by atoms with Gasteiger partial charge in [-0.3, -0.25) is 4.79 Å². The molecule has 0 aliphatic heterocycles. The Morgan fingerprint density at radius 2 is 1.44 bits per heavy atom. The third-order valence-electron chi connectivity index (χ3n) is 14.5. The summed E-state index contributed by atoms with van der Waals surface area (Å²) in [5, 5.41) is 8.69. The molecule has 4 aliphatic rings. The average molecular weight is 661 g/mol. The lowest BCUT2D eigenvalue weighted by Gasteiger charge is -2.58. The third-order valence-corrected chi connectivity index (χ3v) is 14.5. The molecule has 48 heavy (non-hydrogen) atoms. The Bertz CT molecular complexity index is 1090. The zero-order valence-electron chi connectivity index (χ0n) is 32.4. The zero-order valence-corrected chi connectivity index (χ0v) is 32.4. The van der Waals surface area contributed by atoms with Crippen LogP contribution in [0.4, 0.5) is 0 Å². The Labute approximate surface area is 297 Å². The Morgan fingerprint density at radius 1 is 0.792 bits per heavy atom. The maximum absolute atomic E-state index is 10.5. The van der Waals surface area contributed by atoms with Crippen LogP contribution in [0.1, 0.15) is 176 Å². The van der Waals surface area contributed by atoms with Crippen molar-refractivity contribution in [3.63, 3.8) is 0 Å². The minimum absolute atomic E-state index is 0.323. The van der Waals surface area contributed by atoms with E-state index in [1.807, 2.05) is 5.57 Å². The van der Waals surface area contributed by atoms with Crippen LogP contribution in [0, 0.1) is 58.2 Å². The second-order valence-corrected chi connectivity index (χ2v) is 18.0. The highest BCUT2D eigenvalue weighted by Crippen LogP contribution is 2.67. The second-order valence-electron chi connectivity index (χ2n) is 18.0. The van der Waals surface area contributed by atoms with Gasteiger partial charge < -0.3 is 5.11 Å². The lowest BCUT2D eigenvalue weighted by Crippen LogP contribution is -2.49. The van der Waals surface area contributed by atoms with Gasteiger partial charge in [0.2, 0.25) is 0 Å². The summed E-state index contributed by atoms with van der Waals surface area (Å²) in [5.41, 5.74) is 2.99. The molecule has 3 fully saturated rings. The summed E-state index contributed by atoms with van der Waals surface area (Å²) in [5.74, 6) is 5.90. The molecule has 3 saturated carbocycles. The maximum atomic E-state index is 10.5. The van der Waals surface area contributed by atoms with E-state index >= 15 is 0 Å². The number of hydrogen-bond acceptors (Lipinski definition) is 1. The maximum Gasteiger partial charge on any atom is 0.303 e. The van der Waals surface area contributed by atoms with Gasteiger partial charge in [0, 0.05) is 6.42 Å².